The normalized spacial score (nSPS) is 16.2. The minimum absolute atomic E-state index is 0.0411. The number of amides is 1. The second-order valence-electron chi connectivity index (χ2n) is 5.31. The van der Waals surface area contributed by atoms with Crippen LogP contribution in [-0.2, 0) is 21.2 Å². The summed E-state index contributed by atoms with van der Waals surface area (Å²) in [5.74, 6) is 1.49. The van der Waals surface area contributed by atoms with E-state index in [0.717, 1.165) is 17.1 Å². The van der Waals surface area contributed by atoms with Gasteiger partial charge in [-0.3, -0.25) is 4.79 Å². The lowest BCUT2D eigenvalue weighted by atomic mass is 10.1. The average Bonchev–Trinajstić information content (AvgIpc) is 2.54. The lowest BCUT2D eigenvalue weighted by Gasteiger charge is -2.25. The lowest BCUT2D eigenvalue weighted by Crippen LogP contribution is -2.41. The van der Waals surface area contributed by atoms with Crippen LogP contribution in [0, 0.1) is 0 Å². The number of rotatable bonds is 7. The van der Waals surface area contributed by atoms with Crippen LogP contribution in [-0.4, -0.2) is 55.5 Å². The predicted octanol–water partition coefficient (Wildman–Crippen LogP) is 1.77. The van der Waals surface area contributed by atoms with Crippen molar-refractivity contribution in [3.8, 4) is 0 Å². The van der Waals surface area contributed by atoms with Gasteiger partial charge in [0, 0.05) is 42.6 Å². The highest BCUT2D eigenvalue weighted by Gasteiger charge is 2.23. The van der Waals surface area contributed by atoms with Crippen molar-refractivity contribution in [2.45, 2.75) is 12.8 Å². The third kappa shape index (κ3) is 6.33. The molecule has 8 heteroatoms. The fourth-order valence-electron chi connectivity index (χ4n) is 2.31. The van der Waals surface area contributed by atoms with Crippen LogP contribution in [0.5, 0.6) is 0 Å². The number of nitrogens with zero attached hydrogens (tertiary/aromatic N) is 1. The van der Waals surface area contributed by atoms with Crippen molar-refractivity contribution in [2.24, 2.45) is 0 Å². The minimum Gasteiger partial charge on any atom is -0.355 e. The fraction of sp³-hybridized carbons (Fsp3) is 0.533. The van der Waals surface area contributed by atoms with Gasteiger partial charge in [0.2, 0.25) is 15.9 Å². The SMILES string of the molecule is O=C(CCc1cccc(Cl)c1)NCCS(=O)(=O)N1CCSCC1. The molecule has 0 radical (unpaired) electrons. The van der Waals surface area contributed by atoms with E-state index in [2.05, 4.69) is 5.32 Å². The van der Waals surface area contributed by atoms with Gasteiger partial charge in [-0.05, 0) is 24.1 Å². The van der Waals surface area contributed by atoms with E-state index in [4.69, 9.17) is 11.6 Å². The van der Waals surface area contributed by atoms with E-state index in [1.165, 1.54) is 4.31 Å². The van der Waals surface area contributed by atoms with Crippen molar-refractivity contribution in [3.05, 3.63) is 34.9 Å². The Kier molecular flexibility index (Phi) is 7.20. The molecule has 1 aromatic rings. The smallest absolute Gasteiger partial charge is 0.220 e. The first kappa shape index (κ1) is 18.6. The Labute approximate surface area is 146 Å². The first-order valence-corrected chi connectivity index (χ1v) is 10.7. The summed E-state index contributed by atoms with van der Waals surface area (Å²) >= 11 is 7.66. The van der Waals surface area contributed by atoms with Crippen molar-refractivity contribution >= 4 is 39.3 Å². The molecule has 1 aliphatic heterocycles. The largest absolute Gasteiger partial charge is 0.355 e. The molecule has 128 valence electrons. The third-order valence-electron chi connectivity index (χ3n) is 3.58. The maximum atomic E-state index is 12.1. The van der Waals surface area contributed by atoms with Crippen molar-refractivity contribution in [3.63, 3.8) is 0 Å². The Balaban J connectivity index is 1.70. The van der Waals surface area contributed by atoms with Crippen LogP contribution >= 0.6 is 23.4 Å². The quantitative estimate of drug-likeness (QED) is 0.787. The molecule has 0 aliphatic carbocycles. The Morgan fingerprint density at radius 2 is 2.04 bits per heavy atom. The number of halogens is 1. The van der Waals surface area contributed by atoms with Crippen LogP contribution in [0.1, 0.15) is 12.0 Å². The van der Waals surface area contributed by atoms with Crippen molar-refractivity contribution in [1.82, 2.24) is 9.62 Å². The predicted molar refractivity (Wildman–Crippen MR) is 95.5 cm³/mol. The molecule has 1 N–H and O–H groups in total. The molecule has 1 aromatic carbocycles. The number of hydrogen-bond acceptors (Lipinski definition) is 4. The Bertz CT molecular complexity index is 631. The highest BCUT2D eigenvalue weighted by molar-refractivity contribution is 7.99. The van der Waals surface area contributed by atoms with Crippen LogP contribution in [0.25, 0.3) is 0 Å². The summed E-state index contributed by atoms with van der Waals surface area (Å²) in [4.78, 5) is 11.8. The zero-order valence-corrected chi connectivity index (χ0v) is 15.2. The van der Waals surface area contributed by atoms with E-state index in [0.29, 0.717) is 31.0 Å². The topological polar surface area (TPSA) is 66.5 Å². The average molecular weight is 377 g/mol. The van der Waals surface area contributed by atoms with Gasteiger partial charge >= 0.3 is 0 Å². The van der Waals surface area contributed by atoms with E-state index < -0.39 is 10.0 Å². The van der Waals surface area contributed by atoms with Gasteiger partial charge in [-0.25, -0.2) is 12.7 Å². The summed E-state index contributed by atoms with van der Waals surface area (Å²) in [6.45, 7) is 1.28. The summed E-state index contributed by atoms with van der Waals surface area (Å²) < 4.78 is 25.8. The minimum atomic E-state index is -3.26. The van der Waals surface area contributed by atoms with Crippen molar-refractivity contribution in [2.75, 3.05) is 36.9 Å². The number of carbonyl (C=O) groups excluding carboxylic acids is 1. The van der Waals surface area contributed by atoms with Gasteiger partial charge in [0.1, 0.15) is 0 Å². The number of thioether (sulfide) groups is 1. The third-order valence-corrected chi connectivity index (χ3v) is 6.62. The second-order valence-corrected chi connectivity index (χ2v) is 9.06. The van der Waals surface area contributed by atoms with Gasteiger partial charge in [-0.15, -0.1) is 0 Å². The molecule has 0 spiro atoms. The summed E-state index contributed by atoms with van der Waals surface area (Å²) in [6, 6.07) is 7.37. The fourth-order valence-corrected chi connectivity index (χ4v) is 5.02. The maximum Gasteiger partial charge on any atom is 0.220 e. The first-order valence-electron chi connectivity index (χ1n) is 7.54. The summed E-state index contributed by atoms with van der Waals surface area (Å²) in [7, 11) is -3.26. The van der Waals surface area contributed by atoms with Crippen LogP contribution in [0.3, 0.4) is 0 Å². The molecule has 0 aromatic heterocycles. The molecule has 5 nitrogen and oxygen atoms in total. The van der Waals surface area contributed by atoms with Crippen LogP contribution in [0.15, 0.2) is 24.3 Å². The molecule has 0 unspecified atom stereocenters. The highest BCUT2D eigenvalue weighted by atomic mass is 35.5. The van der Waals surface area contributed by atoms with E-state index in [1.54, 1.807) is 17.8 Å². The number of sulfonamides is 1. The molecule has 1 amide bonds. The number of hydrogen-bond donors (Lipinski definition) is 1. The Hall–Kier alpha value is -0.760. The van der Waals surface area contributed by atoms with E-state index in [1.807, 2.05) is 18.2 Å². The van der Waals surface area contributed by atoms with E-state index in [9.17, 15) is 13.2 Å². The van der Waals surface area contributed by atoms with Gasteiger partial charge in [-0.1, -0.05) is 23.7 Å². The van der Waals surface area contributed by atoms with E-state index >= 15 is 0 Å². The molecular weight excluding hydrogens is 356 g/mol. The highest BCUT2D eigenvalue weighted by Crippen LogP contribution is 2.13. The molecule has 1 fully saturated rings. The van der Waals surface area contributed by atoms with Gasteiger partial charge in [-0.2, -0.15) is 11.8 Å². The molecule has 23 heavy (non-hydrogen) atoms. The first-order chi connectivity index (χ1) is 11.0. The van der Waals surface area contributed by atoms with Gasteiger partial charge in [0.25, 0.3) is 0 Å². The standard InChI is InChI=1S/C15H21ClN2O3S2/c16-14-3-1-2-13(12-14)4-5-15(19)17-6-11-23(20,21)18-7-9-22-10-8-18/h1-3,12H,4-11H2,(H,17,19). The summed E-state index contributed by atoms with van der Waals surface area (Å²) in [5, 5.41) is 3.33. The van der Waals surface area contributed by atoms with Crippen LogP contribution in [0.2, 0.25) is 5.02 Å². The maximum absolute atomic E-state index is 12.1. The number of benzene rings is 1. The number of carbonyl (C=O) groups is 1. The van der Waals surface area contributed by atoms with Gasteiger partial charge in [0.15, 0.2) is 0 Å². The number of nitrogens with one attached hydrogen (secondary N) is 1. The Morgan fingerprint density at radius 1 is 1.30 bits per heavy atom. The molecule has 1 saturated heterocycles. The lowest BCUT2D eigenvalue weighted by molar-refractivity contribution is -0.120. The van der Waals surface area contributed by atoms with Crippen molar-refractivity contribution < 1.29 is 13.2 Å². The molecule has 2 rings (SSSR count). The zero-order valence-electron chi connectivity index (χ0n) is 12.8. The molecule has 1 heterocycles. The van der Waals surface area contributed by atoms with E-state index in [-0.39, 0.29) is 18.2 Å². The summed E-state index contributed by atoms with van der Waals surface area (Å²) in [5.41, 5.74) is 0.992. The zero-order chi connectivity index (χ0) is 16.7. The monoisotopic (exact) mass is 376 g/mol. The van der Waals surface area contributed by atoms with Crippen LogP contribution < -0.4 is 5.32 Å². The molecule has 0 saturated carbocycles. The van der Waals surface area contributed by atoms with Crippen LogP contribution in [0.4, 0.5) is 0 Å². The second kappa shape index (κ2) is 8.92. The van der Waals surface area contributed by atoms with Gasteiger partial charge in [0.05, 0.1) is 5.75 Å². The molecule has 0 atom stereocenters. The summed E-state index contributed by atoms with van der Waals surface area (Å²) in [6.07, 6.45) is 0.906. The number of aryl methyl sites for hydroxylation is 1. The van der Waals surface area contributed by atoms with Gasteiger partial charge < -0.3 is 5.32 Å². The molecular formula is C15H21ClN2O3S2. The Morgan fingerprint density at radius 3 is 2.74 bits per heavy atom. The molecule has 0 bridgehead atoms. The van der Waals surface area contributed by atoms with Crippen molar-refractivity contribution in [1.29, 1.82) is 0 Å². The molecule has 1 aliphatic rings.